The standard InChI is InChI=1S/C18H13F2N5.C12H8F2IN5.C6H7BO2/c1-25-10-21-15-17(22-14-12(19)8-5-9-13(14)20)23-16(24-18(15)25)11-6-3-2-4-7-11;1-20-5-16-9-10(18-12(15)19-11(9)20)17-8-6(13)3-2-4-7(8)14;8-7(9)6-4-2-1-3-5-6/h2-10H,1H3,(H,22,23,24);2-5H,1H3,(H,17,18,19);1-5,8-9H. The summed E-state index contributed by atoms with van der Waals surface area (Å²) in [4.78, 5) is 25.7. The van der Waals surface area contributed by atoms with Crippen LogP contribution in [-0.2, 0) is 14.1 Å². The highest BCUT2D eigenvalue weighted by Crippen LogP contribution is 2.29. The van der Waals surface area contributed by atoms with Crippen molar-refractivity contribution in [3.05, 3.63) is 137 Å². The number of halogens is 5. The first-order valence-corrected chi connectivity index (χ1v) is 17.0. The predicted molar refractivity (Wildman–Crippen MR) is 206 cm³/mol. The Kier molecular flexibility index (Phi) is 11.7. The Morgan fingerprint density at radius 3 is 1.48 bits per heavy atom. The maximum atomic E-state index is 14.0. The lowest BCUT2D eigenvalue weighted by Gasteiger charge is -2.10. The lowest BCUT2D eigenvalue weighted by Crippen LogP contribution is -2.29. The van der Waals surface area contributed by atoms with E-state index in [2.05, 4.69) is 40.5 Å². The third-order valence-electron chi connectivity index (χ3n) is 7.63. The van der Waals surface area contributed by atoms with Crippen molar-refractivity contribution in [2.75, 3.05) is 10.6 Å². The molecule has 0 aliphatic rings. The summed E-state index contributed by atoms with van der Waals surface area (Å²) in [6.07, 6.45) is 3.15. The zero-order valence-electron chi connectivity index (χ0n) is 28.3. The van der Waals surface area contributed by atoms with Gasteiger partial charge < -0.3 is 29.8 Å². The van der Waals surface area contributed by atoms with Crippen molar-refractivity contribution in [3.8, 4) is 11.4 Å². The van der Waals surface area contributed by atoms with Gasteiger partial charge in [-0.3, -0.25) is 0 Å². The van der Waals surface area contributed by atoms with E-state index in [-0.39, 0.29) is 23.0 Å². The zero-order valence-corrected chi connectivity index (χ0v) is 30.5. The van der Waals surface area contributed by atoms with E-state index in [9.17, 15) is 17.6 Å². The highest BCUT2D eigenvalue weighted by Gasteiger charge is 2.18. The number of hydrogen-bond acceptors (Lipinski definition) is 10. The van der Waals surface area contributed by atoms with Gasteiger partial charge in [0.2, 0.25) is 0 Å². The molecule has 12 nitrogen and oxygen atoms in total. The number of hydrogen-bond donors (Lipinski definition) is 4. The highest BCUT2D eigenvalue weighted by molar-refractivity contribution is 14.1. The fourth-order valence-electron chi connectivity index (χ4n) is 4.97. The van der Waals surface area contributed by atoms with Gasteiger partial charge in [-0.05, 0) is 29.7 Å². The number of nitrogens with zero attached hydrogens (tertiary/aromatic N) is 8. The van der Waals surface area contributed by atoms with Gasteiger partial charge in [-0.1, -0.05) is 72.8 Å². The van der Waals surface area contributed by atoms with Crippen LogP contribution in [0.15, 0.2) is 110 Å². The van der Waals surface area contributed by atoms with Crippen LogP contribution < -0.4 is 16.1 Å². The van der Waals surface area contributed by atoms with Crippen LogP contribution in [0.5, 0.6) is 0 Å². The normalized spacial score (nSPS) is 10.7. The molecule has 0 bridgehead atoms. The predicted octanol–water partition coefficient (Wildman–Crippen LogP) is 6.41. The number of anilines is 4. The molecule has 0 saturated heterocycles. The van der Waals surface area contributed by atoms with Gasteiger partial charge in [0.15, 0.2) is 43.6 Å². The lowest BCUT2D eigenvalue weighted by atomic mass is 9.81. The minimum absolute atomic E-state index is 0.244. The molecule has 0 aliphatic carbocycles. The van der Waals surface area contributed by atoms with Gasteiger partial charge in [0.1, 0.15) is 34.6 Å². The molecular formula is C36H28BF4IN10O2. The smallest absolute Gasteiger partial charge is 0.423 e. The third-order valence-corrected chi connectivity index (χ3v) is 8.12. The average molecular weight is 846 g/mol. The molecule has 4 heterocycles. The van der Waals surface area contributed by atoms with E-state index in [1.165, 1.54) is 36.4 Å². The summed E-state index contributed by atoms with van der Waals surface area (Å²) in [7, 11) is 2.24. The summed E-state index contributed by atoms with van der Waals surface area (Å²) in [5, 5.41) is 22.5. The van der Waals surface area contributed by atoms with Crippen LogP contribution in [0.1, 0.15) is 0 Å². The number of aromatic nitrogens is 8. The molecule has 54 heavy (non-hydrogen) atoms. The van der Waals surface area contributed by atoms with Crippen LogP contribution in [0.3, 0.4) is 0 Å². The van der Waals surface area contributed by atoms with E-state index in [1.54, 1.807) is 60.1 Å². The quantitative estimate of drug-likeness (QED) is 0.0640. The van der Waals surface area contributed by atoms with Crippen LogP contribution in [0, 0.1) is 27.1 Å². The van der Waals surface area contributed by atoms with Crippen molar-refractivity contribution in [2.45, 2.75) is 0 Å². The molecule has 0 spiro atoms. The maximum Gasteiger partial charge on any atom is 0.488 e. The van der Waals surface area contributed by atoms with Crippen LogP contribution in [0.25, 0.3) is 33.7 Å². The minimum atomic E-state index is -1.34. The van der Waals surface area contributed by atoms with E-state index < -0.39 is 30.4 Å². The Bertz CT molecular complexity index is 2500. The maximum absolute atomic E-state index is 14.0. The second kappa shape index (κ2) is 16.8. The van der Waals surface area contributed by atoms with Crippen molar-refractivity contribution < 1.29 is 27.6 Å². The molecule has 4 N–H and O–H groups in total. The molecular weight excluding hydrogens is 818 g/mol. The lowest BCUT2D eigenvalue weighted by molar-refractivity contribution is 0.426. The first-order valence-electron chi connectivity index (χ1n) is 15.9. The first-order chi connectivity index (χ1) is 26.0. The minimum Gasteiger partial charge on any atom is -0.423 e. The van der Waals surface area contributed by atoms with E-state index in [0.717, 1.165) is 5.56 Å². The number of para-hydroxylation sites is 2. The zero-order chi connectivity index (χ0) is 38.4. The van der Waals surface area contributed by atoms with Crippen molar-refractivity contribution in [2.24, 2.45) is 14.1 Å². The molecule has 0 fully saturated rings. The van der Waals surface area contributed by atoms with E-state index in [0.29, 0.717) is 37.4 Å². The Morgan fingerprint density at radius 2 is 1.02 bits per heavy atom. The van der Waals surface area contributed by atoms with Gasteiger partial charge >= 0.3 is 7.12 Å². The fraction of sp³-hybridized carbons (Fsp3) is 0.0556. The van der Waals surface area contributed by atoms with Gasteiger partial charge in [0.25, 0.3) is 0 Å². The highest BCUT2D eigenvalue weighted by atomic mass is 127. The van der Waals surface area contributed by atoms with Gasteiger partial charge in [-0.15, -0.1) is 0 Å². The number of imidazole rings is 2. The first kappa shape index (κ1) is 37.8. The Labute approximate surface area is 318 Å². The number of nitrogens with one attached hydrogen (secondary N) is 2. The number of benzene rings is 4. The summed E-state index contributed by atoms with van der Waals surface area (Å²) in [5.74, 6) is -1.84. The van der Waals surface area contributed by atoms with Crippen molar-refractivity contribution >= 4 is 80.5 Å². The number of aryl methyl sites for hydroxylation is 2. The van der Waals surface area contributed by atoms with E-state index >= 15 is 0 Å². The molecule has 0 unspecified atom stereocenters. The summed E-state index contributed by atoms with van der Waals surface area (Å²) in [5.41, 5.74) is 2.83. The molecule has 0 amide bonds. The Morgan fingerprint density at radius 1 is 0.574 bits per heavy atom. The molecule has 0 saturated carbocycles. The SMILES string of the molecule is Cn1cnc2c(Nc3c(F)cccc3F)nc(-c3ccccc3)nc21.Cn1cnc2c(Nc3c(F)cccc3F)nc(I)nc21.OB(O)c1ccccc1. The van der Waals surface area contributed by atoms with Crippen LogP contribution in [-0.4, -0.2) is 56.2 Å². The summed E-state index contributed by atoms with van der Waals surface area (Å²) < 4.78 is 59.2. The molecule has 18 heteroatoms. The van der Waals surface area contributed by atoms with Gasteiger partial charge in [0, 0.05) is 42.2 Å². The van der Waals surface area contributed by atoms with Gasteiger partial charge in [0.05, 0.1) is 12.7 Å². The van der Waals surface area contributed by atoms with Crippen molar-refractivity contribution in [3.63, 3.8) is 0 Å². The molecule has 4 aromatic heterocycles. The molecule has 8 rings (SSSR count). The molecule has 0 aliphatic heterocycles. The summed E-state index contributed by atoms with van der Waals surface area (Å²) >= 11 is 1.94. The van der Waals surface area contributed by atoms with E-state index in [1.807, 2.05) is 59.0 Å². The topological polar surface area (TPSA) is 152 Å². The van der Waals surface area contributed by atoms with Crippen molar-refractivity contribution in [1.29, 1.82) is 0 Å². The van der Waals surface area contributed by atoms with Gasteiger partial charge in [-0.2, -0.15) is 0 Å². The number of fused-ring (bicyclic) bond motifs is 2. The third kappa shape index (κ3) is 8.62. The second-order valence-electron chi connectivity index (χ2n) is 11.4. The van der Waals surface area contributed by atoms with Crippen molar-refractivity contribution in [1.82, 2.24) is 39.0 Å². The largest absolute Gasteiger partial charge is 0.488 e. The molecule has 8 aromatic rings. The molecule has 0 radical (unpaired) electrons. The van der Waals surface area contributed by atoms with Gasteiger partial charge in [-0.25, -0.2) is 47.5 Å². The molecule has 4 aromatic carbocycles. The van der Waals surface area contributed by atoms with Crippen LogP contribution in [0.2, 0.25) is 0 Å². The molecule has 0 atom stereocenters. The monoisotopic (exact) mass is 846 g/mol. The fourth-order valence-corrected chi connectivity index (χ4v) is 5.44. The van der Waals surface area contributed by atoms with E-state index in [4.69, 9.17) is 10.0 Å². The Hall–Kier alpha value is -5.99. The van der Waals surface area contributed by atoms with Crippen LogP contribution >= 0.6 is 22.6 Å². The number of rotatable bonds is 6. The summed E-state index contributed by atoms with van der Waals surface area (Å²) in [6.45, 7) is 0. The average Bonchev–Trinajstić information content (AvgIpc) is 3.74. The van der Waals surface area contributed by atoms with Crippen LogP contribution in [0.4, 0.5) is 40.6 Å². The second-order valence-corrected chi connectivity index (χ2v) is 12.4. The Balaban J connectivity index is 0.000000153. The summed E-state index contributed by atoms with van der Waals surface area (Å²) in [6, 6.07) is 25.3. The molecule has 272 valence electrons.